The van der Waals surface area contributed by atoms with Gasteiger partial charge in [0.25, 0.3) is 0 Å². The van der Waals surface area contributed by atoms with Gasteiger partial charge in [0.1, 0.15) is 18.2 Å². The van der Waals surface area contributed by atoms with Gasteiger partial charge in [-0.25, -0.2) is 9.97 Å². The standard InChI is InChI=1S/C21H32N4O3/c1-6-7-8-17(9-10-26)25-21-19(12-22-16(4)24-21)28-13-18-15(3)20(27-5)14(2)11-23-18/h11-12,17,26H,6-10,13H2,1-5H3,(H,22,24,25)/t17-/m0/s1. The zero-order valence-corrected chi connectivity index (χ0v) is 17.6. The van der Waals surface area contributed by atoms with E-state index in [9.17, 15) is 5.11 Å². The topological polar surface area (TPSA) is 89.4 Å². The molecule has 0 bridgehead atoms. The Bertz CT molecular complexity index is 768. The minimum Gasteiger partial charge on any atom is -0.496 e. The Morgan fingerprint density at radius 2 is 1.93 bits per heavy atom. The number of ether oxygens (including phenoxy) is 2. The van der Waals surface area contributed by atoms with Crippen LogP contribution in [0, 0.1) is 20.8 Å². The summed E-state index contributed by atoms with van der Waals surface area (Å²) in [6.45, 7) is 8.38. The first-order valence-electron chi connectivity index (χ1n) is 9.83. The van der Waals surface area contributed by atoms with Crippen LogP contribution in [0.25, 0.3) is 0 Å². The lowest BCUT2D eigenvalue weighted by atomic mass is 10.1. The number of aliphatic hydroxyl groups excluding tert-OH is 1. The van der Waals surface area contributed by atoms with E-state index >= 15 is 0 Å². The minimum absolute atomic E-state index is 0.133. The molecule has 7 nitrogen and oxygen atoms in total. The van der Waals surface area contributed by atoms with Crippen molar-refractivity contribution >= 4 is 5.82 Å². The van der Waals surface area contributed by atoms with Crippen molar-refractivity contribution in [2.75, 3.05) is 19.0 Å². The summed E-state index contributed by atoms with van der Waals surface area (Å²) < 4.78 is 11.5. The Labute approximate surface area is 167 Å². The Morgan fingerprint density at radius 3 is 2.61 bits per heavy atom. The highest BCUT2D eigenvalue weighted by molar-refractivity contribution is 5.49. The molecule has 2 N–H and O–H groups in total. The van der Waals surface area contributed by atoms with E-state index in [1.165, 1.54) is 0 Å². The number of hydrogen-bond donors (Lipinski definition) is 2. The summed E-state index contributed by atoms with van der Waals surface area (Å²) in [6.07, 6.45) is 7.30. The number of hydrogen-bond acceptors (Lipinski definition) is 7. The number of aryl methyl sites for hydroxylation is 2. The summed E-state index contributed by atoms with van der Waals surface area (Å²) >= 11 is 0. The van der Waals surface area contributed by atoms with Gasteiger partial charge in [-0.1, -0.05) is 19.8 Å². The lowest BCUT2D eigenvalue weighted by Gasteiger charge is -2.20. The molecule has 0 amide bonds. The maximum atomic E-state index is 9.37. The number of pyridine rings is 1. The first kappa shape index (κ1) is 21.9. The molecule has 0 fully saturated rings. The molecule has 0 aliphatic rings. The summed E-state index contributed by atoms with van der Waals surface area (Å²) in [5.41, 5.74) is 2.77. The summed E-state index contributed by atoms with van der Waals surface area (Å²) in [4.78, 5) is 13.3. The smallest absolute Gasteiger partial charge is 0.180 e. The van der Waals surface area contributed by atoms with Gasteiger partial charge in [0.05, 0.1) is 19.0 Å². The number of aliphatic hydroxyl groups is 1. The molecule has 2 aromatic rings. The van der Waals surface area contributed by atoms with Gasteiger partial charge in [-0.2, -0.15) is 0 Å². The molecule has 0 saturated heterocycles. The van der Waals surface area contributed by atoms with E-state index in [1.54, 1.807) is 19.5 Å². The molecule has 28 heavy (non-hydrogen) atoms. The largest absolute Gasteiger partial charge is 0.496 e. The van der Waals surface area contributed by atoms with Gasteiger partial charge in [-0.15, -0.1) is 0 Å². The van der Waals surface area contributed by atoms with Crippen LogP contribution in [-0.4, -0.2) is 39.8 Å². The molecule has 0 spiro atoms. The summed E-state index contributed by atoms with van der Waals surface area (Å²) in [5.74, 6) is 2.72. The van der Waals surface area contributed by atoms with Crippen LogP contribution >= 0.6 is 0 Å². The number of unbranched alkanes of at least 4 members (excludes halogenated alkanes) is 1. The second-order valence-corrected chi connectivity index (χ2v) is 6.96. The fourth-order valence-electron chi connectivity index (χ4n) is 3.12. The third-order valence-corrected chi connectivity index (χ3v) is 4.71. The summed E-state index contributed by atoms with van der Waals surface area (Å²) in [5, 5.41) is 12.8. The van der Waals surface area contributed by atoms with Crippen molar-refractivity contribution in [2.24, 2.45) is 0 Å². The maximum Gasteiger partial charge on any atom is 0.180 e. The molecule has 7 heteroatoms. The van der Waals surface area contributed by atoms with Crippen LogP contribution in [-0.2, 0) is 6.61 Å². The number of methoxy groups -OCH3 is 1. The van der Waals surface area contributed by atoms with Crippen LogP contribution in [0.5, 0.6) is 11.5 Å². The van der Waals surface area contributed by atoms with Gasteiger partial charge in [-0.3, -0.25) is 4.98 Å². The fraction of sp³-hybridized carbons (Fsp3) is 0.571. The highest BCUT2D eigenvalue weighted by Gasteiger charge is 2.15. The van der Waals surface area contributed by atoms with Crippen molar-refractivity contribution in [1.82, 2.24) is 15.0 Å². The number of nitrogens with one attached hydrogen (secondary N) is 1. The number of aromatic nitrogens is 3. The van der Waals surface area contributed by atoms with E-state index < -0.39 is 0 Å². The Hall–Kier alpha value is -2.41. The summed E-state index contributed by atoms with van der Waals surface area (Å²) in [6, 6.07) is 0.140. The first-order chi connectivity index (χ1) is 13.5. The van der Waals surface area contributed by atoms with Crippen molar-refractivity contribution < 1.29 is 14.6 Å². The number of nitrogens with zero attached hydrogens (tertiary/aromatic N) is 3. The quantitative estimate of drug-likeness (QED) is 0.606. The Kier molecular flexibility index (Phi) is 8.44. The van der Waals surface area contributed by atoms with E-state index in [0.29, 0.717) is 30.4 Å². The molecular weight excluding hydrogens is 356 g/mol. The SMILES string of the molecule is CCCC[C@@H](CCO)Nc1nc(C)ncc1OCc1ncc(C)c(OC)c1C. The van der Waals surface area contributed by atoms with Gasteiger partial charge in [0.15, 0.2) is 11.6 Å². The average Bonchev–Trinajstić information content (AvgIpc) is 2.67. The maximum absolute atomic E-state index is 9.37. The average molecular weight is 389 g/mol. The number of anilines is 1. The molecule has 0 aliphatic heterocycles. The second-order valence-electron chi connectivity index (χ2n) is 6.96. The third-order valence-electron chi connectivity index (χ3n) is 4.71. The Balaban J connectivity index is 2.18. The lowest BCUT2D eigenvalue weighted by molar-refractivity contribution is 0.274. The fourth-order valence-corrected chi connectivity index (χ4v) is 3.12. The highest BCUT2D eigenvalue weighted by Crippen LogP contribution is 2.27. The molecule has 2 aromatic heterocycles. The zero-order chi connectivity index (χ0) is 20.5. The van der Waals surface area contributed by atoms with Crippen LogP contribution in [0.1, 0.15) is 55.3 Å². The second kappa shape index (κ2) is 10.8. The van der Waals surface area contributed by atoms with Gasteiger partial charge >= 0.3 is 0 Å². The van der Waals surface area contributed by atoms with Gasteiger partial charge < -0.3 is 19.9 Å². The zero-order valence-electron chi connectivity index (χ0n) is 17.6. The van der Waals surface area contributed by atoms with Crippen molar-refractivity contribution in [3.63, 3.8) is 0 Å². The minimum atomic E-state index is 0.133. The lowest BCUT2D eigenvalue weighted by Crippen LogP contribution is -2.22. The molecule has 154 valence electrons. The van der Waals surface area contributed by atoms with E-state index in [0.717, 1.165) is 41.8 Å². The highest BCUT2D eigenvalue weighted by atomic mass is 16.5. The molecular formula is C21H32N4O3. The van der Waals surface area contributed by atoms with Crippen molar-refractivity contribution in [3.05, 3.63) is 35.0 Å². The molecule has 0 aromatic carbocycles. The van der Waals surface area contributed by atoms with Crippen LogP contribution in [0.15, 0.2) is 12.4 Å². The normalized spacial score (nSPS) is 11.9. The molecule has 2 rings (SSSR count). The molecule has 0 unspecified atom stereocenters. The predicted molar refractivity (Wildman–Crippen MR) is 110 cm³/mol. The number of rotatable bonds is 11. The van der Waals surface area contributed by atoms with Crippen LogP contribution in [0.2, 0.25) is 0 Å². The molecule has 0 saturated carbocycles. The molecule has 0 aliphatic carbocycles. The van der Waals surface area contributed by atoms with Gasteiger partial charge in [0, 0.05) is 30.0 Å². The van der Waals surface area contributed by atoms with E-state index in [-0.39, 0.29) is 12.6 Å². The van der Waals surface area contributed by atoms with Crippen LogP contribution in [0.4, 0.5) is 5.82 Å². The van der Waals surface area contributed by atoms with Gasteiger partial charge in [0.2, 0.25) is 0 Å². The van der Waals surface area contributed by atoms with E-state index in [1.807, 2.05) is 20.8 Å². The van der Waals surface area contributed by atoms with Crippen LogP contribution in [0.3, 0.4) is 0 Å². The summed E-state index contributed by atoms with van der Waals surface area (Å²) in [7, 11) is 1.66. The molecule has 0 radical (unpaired) electrons. The monoisotopic (exact) mass is 388 g/mol. The van der Waals surface area contributed by atoms with Crippen molar-refractivity contribution in [2.45, 2.75) is 66.0 Å². The van der Waals surface area contributed by atoms with Crippen molar-refractivity contribution in [3.8, 4) is 11.5 Å². The molecule has 1 atom stereocenters. The predicted octanol–water partition coefficient (Wildman–Crippen LogP) is 3.74. The van der Waals surface area contributed by atoms with Crippen LogP contribution < -0.4 is 14.8 Å². The third kappa shape index (κ3) is 5.79. The van der Waals surface area contributed by atoms with Gasteiger partial charge in [-0.05, 0) is 33.6 Å². The molecule has 2 heterocycles. The van der Waals surface area contributed by atoms with Crippen molar-refractivity contribution in [1.29, 1.82) is 0 Å². The van der Waals surface area contributed by atoms with E-state index in [2.05, 4.69) is 27.2 Å². The Morgan fingerprint density at radius 1 is 1.14 bits per heavy atom. The first-order valence-corrected chi connectivity index (χ1v) is 9.83. The van der Waals surface area contributed by atoms with E-state index in [4.69, 9.17) is 9.47 Å².